The van der Waals surface area contributed by atoms with E-state index in [2.05, 4.69) is 19.6 Å². The molecule has 0 amide bonds. The molecule has 0 heterocycles. The molecule has 0 spiro atoms. The van der Waals surface area contributed by atoms with Gasteiger partial charge in [0.25, 0.3) is 0 Å². The van der Waals surface area contributed by atoms with Gasteiger partial charge in [0.2, 0.25) is 0 Å². The van der Waals surface area contributed by atoms with Gasteiger partial charge in [-0.05, 0) is 6.42 Å². The fourth-order valence-electron chi connectivity index (χ4n) is 2.67. The van der Waals surface area contributed by atoms with Crippen LogP contribution in [0.3, 0.4) is 0 Å². The Balaban J connectivity index is 2.33. The predicted octanol–water partition coefficient (Wildman–Crippen LogP) is 5.96. The average Bonchev–Trinajstić information content (AvgIpc) is 2.58. The van der Waals surface area contributed by atoms with Crippen LogP contribution < -0.4 is 0 Å². The van der Waals surface area contributed by atoms with Gasteiger partial charge in [-0.1, -0.05) is 92.8 Å². The first kappa shape index (κ1) is 18.2. The molecule has 0 atom stereocenters. The molecule has 0 saturated heterocycles. The zero-order valence-electron chi connectivity index (χ0n) is 14.8. The molecule has 0 unspecified atom stereocenters. The van der Waals surface area contributed by atoms with E-state index in [4.69, 9.17) is 0 Å². The quantitative estimate of drug-likeness (QED) is 0.293. The van der Waals surface area contributed by atoms with Gasteiger partial charge in [-0.3, -0.25) is 4.79 Å². The number of Topliss-reactive ketones (excluding diaryl/α,β-unsaturated/α-hetero) is 1. The summed E-state index contributed by atoms with van der Waals surface area (Å²) in [4.78, 5) is 12.9. The van der Waals surface area contributed by atoms with Crippen LogP contribution in [0.4, 0.5) is 0 Å². The Morgan fingerprint density at radius 2 is 1.38 bits per heavy atom. The van der Waals surface area contributed by atoms with Crippen LogP contribution in [0.25, 0.3) is 5.76 Å². The minimum atomic E-state index is -1.17. The summed E-state index contributed by atoms with van der Waals surface area (Å²) in [5.74, 6) is 0.0348. The van der Waals surface area contributed by atoms with Gasteiger partial charge in [0.15, 0.2) is 5.78 Å². The van der Waals surface area contributed by atoms with E-state index in [0.717, 1.165) is 12.5 Å². The van der Waals surface area contributed by atoms with Gasteiger partial charge in [-0.25, -0.2) is 0 Å². The number of aliphatic hydroxyl groups excluding tert-OH is 1. The van der Waals surface area contributed by atoms with Gasteiger partial charge >= 0.3 is 0 Å². The molecule has 0 saturated carbocycles. The fourth-order valence-corrected chi connectivity index (χ4v) is 3.91. The Bertz CT molecular complexity index is 698. The van der Waals surface area contributed by atoms with Crippen LogP contribution in [0.1, 0.15) is 28.8 Å². The van der Waals surface area contributed by atoms with Gasteiger partial charge in [0, 0.05) is 24.8 Å². The lowest BCUT2D eigenvalue weighted by Crippen LogP contribution is -2.19. The molecule has 0 aromatic heterocycles. The molecule has 2 aromatic rings. The van der Waals surface area contributed by atoms with Crippen LogP contribution in [0.5, 0.6) is 0 Å². The third-order valence-electron chi connectivity index (χ3n) is 4.00. The normalized spacial score (nSPS) is 12.6. The molecular weight excluding hydrogens is 312 g/mol. The lowest BCUT2D eigenvalue weighted by molar-refractivity contribution is 0.102. The van der Waals surface area contributed by atoms with E-state index in [1.165, 1.54) is 0 Å². The zero-order chi connectivity index (χ0) is 17.6. The fraction of sp³-hybridized carbons (Fsp3) is 0.286. The van der Waals surface area contributed by atoms with Crippen molar-refractivity contribution in [3.63, 3.8) is 0 Å². The van der Waals surface area contributed by atoms with Crippen molar-refractivity contribution in [1.29, 1.82) is 0 Å². The van der Waals surface area contributed by atoms with Crippen LogP contribution in [-0.4, -0.2) is 19.0 Å². The van der Waals surface area contributed by atoms with Gasteiger partial charge < -0.3 is 5.11 Å². The number of benzene rings is 2. The van der Waals surface area contributed by atoms with Crippen molar-refractivity contribution in [3.05, 3.63) is 77.4 Å². The van der Waals surface area contributed by atoms with E-state index >= 15 is 0 Å². The third-order valence-corrected chi connectivity index (χ3v) is 5.85. The van der Waals surface area contributed by atoms with Crippen molar-refractivity contribution in [3.8, 4) is 0 Å². The molecule has 24 heavy (non-hydrogen) atoms. The first-order chi connectivity index (χ1) is 11.4. The molecule has 1 N–H and O–H groups in total. The van der Waals surface area contributed by atoms with Gasteiger partial charge in [-0.2, -0.15) is 0 Å². The highest BCUT2D eigenvalue weighted by atomic mass is 28.3. The third kappa shape index (κ3) is 5.20. The minimum absolute atomic E-state index is 0.0764. The van der Waals surface area contributed by atoms with Crippen molar-refractivity contribution in [2.24, 2.45) is 0 Å². The second kappa shape index (κ2) is 8.11. The van der Waals surface area contributed by atoms with Crippen molar-refractivity contribution < 1.29 is 9.90 Å². The number of hydrogen-bond acceptors (Lipinski definition) is 2. The first-order valence-corrected chi connectivity index (χ1v) is 12.2. The van der Waals surface area contributed by atoms with E-state index in [0.29, 0.717) is 23.1 Å². The van der Waals surface area contributed by atoms with E-state index in [9.17, 15) is 9.90 Å². The van der Waals surface area contributed by atoms with Crippen LogP contribution >= 0.6 is 0 Å². The second-order valence-corrected chi connectivity index (χ2v) is 12.9. The number of carbonyl (C=O) groups excluding carboxylic acids is 1. The number of aliphatic hydroxyl groups is 1. The molecule has 2 rings (SSSR count). The minimum Gasteiger partial charge on any atom is -0.507 e. The Kier molecular flexibility index (Phi) is 6.15. The summed E-state index contributed by atoms with van der Waals surface area (Å²) < 4.78 is 0. The lowest BCUT2D eigenvalue weighted by atomic mass is 9.96. The Hall–Kier alpha value is -2.13. The molecule has 0 aliphatic rings. The largest absolute Gasteiger partial charge is 0.507 e. The number of rotatable bonds is 7. The smallest absolute Gasteiger partial charge is 0.192 e. The van der Waals surface area contributed by atoms with Gasteiger partial charge in [-0.15, -0.1) is 0 Å². The Morgan fingerprint density at radius 3 is 1.88 bits per heavy atom. The molecule has 3 heteroatoms. The van der Waals surface area contributed by atoms with E-state index in [1.807, 2.05) is 48.5 Å². The summed E-state index contributed by atoms with van der Waals surface area (Å²) in [5, 5.41) is 10.7. The summed E-state index contributed by atoms with van der Waals surface area (Å²) in [6, 6.07) is 19.7. The Morgan fingerprint density at radius 1 is 0.875 bits per heavy atom. The lowest BCUT2D eigenvalue weighted by Gasteiger charge is -2.16. The van der Waals surface area contributed by atoms with E-state index < -0.39 is 8.07 Å². The summed E-state index contributed by atoms with van der Waals surface area (Å²) in [6.07, 6.45) is 1.54. The molecule has 126 valence electrons. The number of hydrogen-bond donors (Lipinski definition) is 1. The maximum atomic E-state index is 12.9. The standard InChI is InChI=1S/C21H26O2Si/c1-24(2,3)16-10-15-19(20(22)17-11-6-4-7-12-17)21(23)18-13-8-5-9-14-18/h4-9,11-14,22H,10,15-16H2,1-3H3/b20-19-. The highest BCUT2D eigenvalue weighted by Crippen LogP contribution is 2.25. The first-order valence-electron chi connectivity index (χ1n) is 8.46. The zero-order valence-corrected chi connectivity index (χ0v) is 15.8. The summed E-state index contributed by atoms with van der Waals surface area (Å²) in [5.41, 5.74) is 1.85. The number of allylic oxidation sites excluding steroid dienone is 1. The van der Waals surface area contributed by atoms with Crippen molar-refractivity contribution in [1.82, 2.24) is 0 Å². The van der Waals surface area contributed by atoms with E-state index in [1.54, 1.807) is 12.1 Å². The molecule has 2 aromatic carbocycles. The molecule has 0 fully saturated rings. The van der Waals surface area contributed by atoms with Crippen molar-refractivity contribution in [2.75, 3.05) is 0 Å². The molecule has 0 aliphatic carbocycles. The van der Waals surface area contributed by atoms with Crippen molar-refractivity contribution in [2.45, 2.75) is 38.5 Å². The number of carbonyl (C=O) groups is 1. The van der Waals surface area contributed by atoms with Crippen LogP contribution in [0.15, 0.2) is 66.2 Å². The SMILES string of the molecule is C[Si](C)(C)CCC/C(C(=O)c1ccccc1)=C(/O)c1ccccc1. The van der Waals surface area contributed by atoms with Gasteiger partial charge in [0.1, 0.15) is 5.76 Å². The summed E-state index contributed by atoms with van der Waals surface area (Å²) >= 11 is 0. The molecule has 0 aliphatic heterocycles. The predicted molar refractivity (Wildman–Crippen MR) is 104 cm³/mol. The van der Waals surface area contributed by atoms with Crippen molar-refractivity contribution >= 4 is 19.6 Å². The van der Waals surface area contributed by atoms with Crippen LogP contribution in [-0.2, 0) is 0 Å². The van der Waals surface area contributed by atoms with Crippen LogP contribution in [0.2, 0.25) is 25.7 Å². The molecular formula is C21H26O2Si. The van der Waals surface area contributed by atoms with Crippen LogP contribution in [0, 0.1) is 0 Å². The highest BCUT2D eigenvalue weighted by Gasteiger charge is 2.20. The highest BCUT2D eigenvalue weighted by molar-refractivity contribution is 6.76. The summed E-state index contributed by atoms with van der Waals surface area (Å²) in [7, 11) is -1.17. The molecule has 2 nitrogen and oxygen atoms in total. The average molecular weight is 339 g/mol. The second-order valence-electron chi connectivity index (χ2n) is 7.30. The topological polar surface area (TPSA) is 37.3 Å². The van der Waals surface area contributed by atoms with Gasteiger partial charge in [0.05, 0.1) is 0 Å². The maximum absolute atomic E-state index is 12.9. The maximum Gasteiger partial charge on any atom is 0.192 e. The van der Waals surface area contributed by atoms with E-state index in [-0.39, 0.29) is 11.5 Å². The molecule has 0 radical (unpaired) electrons. The Labute approximate surface area is 145 Å². The monoisotopic (exact) mass is 338 g/mol. The number of ketones is 1. The molecule has 0 bridgehead atoms. The summed E-state index contributed by atoms with van der Waals surface area (Å²) in [6.45, 7) is 6.98.